The van der Waals surface area contributed by atoms with E-state index < -0.39 is 6.10 Å². The van der Waals surface area contributed by atoms with Crippen LogP contribution in [0.5, 0.6) is 0 Å². The average molecular weight is 479 g/mol. The van der Waals surface area contributed by atoms with Gasteiger partial charge in [0.2, 0.25) is 0 Å². The number of carbonyl (C=O) groups excluding carboxylic acids is 1. The smallest absolute Gasteiger partial charge is 0.342 e. The maximum Gasteiger partial charge on any atom is 0.342 e. The maximum absolute atomic E-state index is 12.0. The predicted molar refractivity (Wildman–Crippen MR) is 132 cm³/mol. The second-order valence-electron chi connectivity index (χ2n) is 7.79. The van der Waals surface area contributed by atoms with Crippen LogP contribution in [0.15, 0.2) is 72.0 Å². The van der Waals surface area contributed by atoms with Crippen molar-refractivity contribution in [3.63, 3.8) is 0 Å². The molecular formula is C25H20Cl2N4O2. The zero-order chi connectivity index (χ0) is 22.9. The molecule has 8 heteroatoms. The number of hydrogen-bond acceptors (Lipinski definition) is 3. The fraction of sp³-hybridized carbons (Fsp3) is 0.120. The lowest BCUT2D eigenvalue weighted by molar-refractivity contribution is 0.222. The summed E-state index contributed by atoms with van der Waals surface area (Å²) in [6.07, 6.45) is 3.22. The number of aromatic amines is 1. The monoisotopic (exact) mass is 478 g/mol. The number of nitrogens with one attached hydrogen (secondary N) is 2. The van der Waals surface area contributed by atoms with Gasteiger partial charge >= 0.3 is 6.03 Å². The summed E-state index contributed by atoms with van der Waals surface area (Å²) in [5.74, 6) is 0. The number of halogens is 2. The quantitative estimate of drug-likeness (QED) is 0.345. The van der Waals surface area contributed by atoms with E-state index in [1.165, 1.54) is 5.01 Å². The van der Waals surface area contributed by atoms with Crippen LogP contribution in [0.2, 0.25) is 10.0 Å². The van der Waals surface area contributed by atoms with Crippen LogP contribution in [0, 0.1) is 0 Å². The minimum absolute atomic E-state index is 0.332. The van der Waals surface area contributed by atoms with Gasteiger partial charge in [0.15, 0.2) is 0 Å². The van der Waals surface area contributed by atoms with Crippen LogP contribution >= 0.6 is 23.2 Å². The van der Waals surface area contributed by atoms with E-state index in [-0.39, 0.29) is 6.03 Å². The lowest BCUT2D eigenvalue weighted by Gasteiger charge is -2.22. The Bertz CT molecular complexity index is 1340. The van der Waals surface area contributed by atoms with Crippen LogP contribution in [0.3, 0.4) is 0 Å². The Hall–Kier alpha value is -3.32. The van der Waals surface area contributed by atoms with Gasteiger partial charge < -0.3 is 15.4 Å². The van der Waals surface area contributed by atoms with E-state index in [1.54, 1.807) is 18.3 Å². The van der Waals surface area contributed by atoms with Gasteiger partial charge in [-0.3, -0.25) is 0 Å². The van der Waals surface area contributed by atoms with E-state index in [0.29, 0.717) is 28.7 Å². The second kappa shape index (κ2) is 8.90. The number of H-pyrrole nitrogens is 1. The molecule has 1 aromatic heterocycles. The average Bonchev–Trinajstić information content (AvgIpc) is 3.26. The van der Waals surface area contributed by atoms with Crippen molar-refractivity contribution in [1.29, 1.82) is 0 Å². The summed E-state index contributed by atoms with van der Waals surface area (Å²) in [6, 6.07) is 18.6. The number of nitrogens with zero attached hydrogens (tertiary/aromatic N) is 2. The molecule has 0 radical (unpaired) electrons. The van der Waals surface area contributed by atoms with Crippen molar-refractivity contribution >= 4 is 52.0 Å². The van der Waals surface area contributed by atoms with E-state index in [2.05, 4.69) is 15.4 Å². The third-order valence-electron chi connectivity index (χ3n) is 5.70. The standard InChI is InChI=1S/C25H20Cl2N4O2/c26-21-12-17(31-25(33)28-9-10-30-31)13-22(27)19(21)11-15-5-7-16(8-6-15)24(32)20-14-29-23-4-2-1-3-18(20)23/h1-8,10,12-14,24,29,32H,9,11H2,(H,28,33). The molecule has 33 heavy (non-hydrogen) atoms. The SMILES string of the molecule is O=C1NCC=NN1c1cc(Cl)c(Cc2ccc(C(O)c3c[nH]c4ccccc34)cc2)c(Cl)c1. The summed E-state index contributed by atoms with van der Waals surface area (Å²) in [6.45, 7) is 0.389. The van der Waals surface area contributed by atoms with Crippen molar-refractivity contribution in [3.05, 3.63) is 99.2 Å². The third-order valence-corrected chi connectivity index (χ3v) is 6.37. The molecule has 4 aromatic rings. The first-order chi connectivity index (χ1) is 16.0. The Morgan fingerprint density at radius 3 is 2.52 bits per heavy atom. The highest BCUT2D eigenvalue weighted by Gasteiger charge is 2.20. The molecular weight excluding hydrogens is 459 g/mol. The van der Waals surface area contributed by atoms with E-state index in [4.69, 9.17) is 23.2 Å². The second-order valence-corrected chi connectivity index (χ2v) is 8.61. The van der Waals surface area contributed by atoms with E-state index in [0.717, 1.165) is 33.2 Å². The van der Waals surface area contributed by atoms with E-state index in [1.807, 2.05) is 54.7 Å². The molecule has 0 saturated heterocycles. The molecule has 0 bridgehead atoms. The number of aromatic nitrogens is 1. The van der Waals surface area contributed by atoms with Gasteiger partial charge in [0.1, 0.15) is 6.10 Å². The van der Waals surface area contributed by atoms with Gasteiger partial charge in [-0.1, -0.05) is 65.7 Å². The van der Waals surface area contributed by atoms with Crippen LogP contribution in [-0.2, 0) is 6.42 Å². The third kappa shape index (κ3) is 4.20. The Kier molecular flexibility index (Phi) is 5.81. The number of hydrazone groups is 1. The van der Waals surface area contributed by atoms with E-state index in [9.17, 15) is 9.90 Å². The Morgan fingerprint density at radius 2 is 1.79 bits per heavy atom. The Morgan fingerprint density at radius 1 is 1.06 bits per heavy atom. The highest BCUT2D eigenvalue weighted by molar-refractivity contribution is 6.36. The molecule has 0 fully saturated rings. The number of carbonyl (C=O) groups is 1. The van der Waals surface area contributed by atoms with E-state index >= 15 is 0 Å². The van der Waals surface area contributed by atoms with Gasteiger partial charge in [0.05, 0.1) is 12.2 Å². The Labute approximate surface area is 200 Å². The van der Waals surface area contributed by atoms with Crippen molar-refractivity contribution in [1.82, 2.24) is 10.3 Å². The van der Waals surface area contributed by atoms with Crippen LogP contribution in [-0.4, -0.2) is 28.9 Å². The number of urea groups is 1. The molecule has 1 aliphatic rings. The van der Waals surface area contributed by atoms with Gasteiger partial charge in [-0.2, -0.15) is 10.1 Å². The highest BCUT2D eigenvalue weighted by atomic mass is 35.5. The molecule has 5 rings (SSSR count). The number of hydrogen-bond donors (Lipinski definition) is 3. The Balaban J connectivity index is 1.36. The molecule has 3 N–H and O–H groups in total. The number of anilines is 1. The molecule has 2 amide bonds. The normalized spacial score (nSPS) is 14.5. The largest absolute Gasteiger partial charge is 0.384 e. The molecule has 1 unspecified atom stereocenters. The summed E-state index contributed by atoms with van der Waals surface area (Å²) >= 11 is 13.0. The zero-order valence-electron chi connectivity index (χ0n) is 17.4. The molecule has 6 nitrogen and oxygen atoms in total. The molecule has 0 spiro atoms. The van der Waals surface area contributed by atoms with Crippen LogP contribution in [0.4, 0.5) is 10.5 Å². The number of aliphatic hydroxyl groups excluding tert-OH is 1. The van der Waals surface area contributed by atoms with Crippen molar-refractivity contribution in [2.24, 2.45) is 5.10 Å². The van der Waals surface area contributed by atoms with Crippen LogP contribution in [0.1, 0.15) is 28.4 Å². The van der Waals surface area contributed by atoms with Gasteiger partial charge in [0.25, 0.3) is 0 Å². The molecule has 0 aliphatic carbocycles. The van der Waals surface area contributed by atoms with Gasteiger partial charge in [0, 0.05) is 45.3 Å². The molecule has 1 atom stereocenters. The molecule has 0 saturated carbocycles. The predicted octanol–water partition coefficient (Wildman–Crippen LogP) is 5.66. The van der Waals surface area contributed by atoms with Crippen LogP contribution < -0.4 is 10.3 Å². The zero-order valence-corrected chi connectivity index (χ0v) is 18.9. The first-order valence-corrected chi connectivity index (χ1v) is 11.2. The molecule has 2 heterocycles. The van der Waals surface area contributed by atoms with Gasteiger partial charge in [-0.15, -0.1) is 0 Å². The molecule has 166 valence electrons. The van der Waals surface area contributed by atoms with Crippen molar-refractivity contribution < 1.29 is 9.90 Å². The number of amides is 2. The summed E-state index contributed by atoms with van der Waals surface area (Å²) in [7, 11) is 0. The summed E-state index contributed by atoms with van der Waals surface area (Å²) in [5.41, 5.74) is 4.88. The van der Waals surface area contributed by atoms with Gasteiger partial charge in [-0.25, -0.2) is 4.79 Å². The topological polar surface area (TPSA) is 80.7 Å². The molecule has 1 aliphatic heterocycles. The number of fused-ring (bicyclic) bond motifs is 1. The fourth-order valence-electron chi connectivity index (χ4n) is 3.97. The summed E-state index contributed by atoms with van der Waals surface area (Å²) < 4.78 is 0. The minimum Gasteiger partial charge on any atom is -0.384 e. The summed E-state index contributed by atoms with van der Waals surface area (Å²) in [5, 5.41) is 20.8. The highest BCUT2D eigenvalue weighted by Crippen LogP contribution is 2.34. The first kappa shape index (κ1) is 21.5. The number of benzene rings is 3. The van der Waals surface area contributed by atoms with Crippen molar-refractivity contribution in [2.75, 3.05) is 11.6 Å². The number of para-hydroxylation sites is 1. The number of aliphatic hydroxyl groups is 1. The number of rotatable bonds is 5. The first-order valence-electron chi connectivity index (χ1n) is 10.4. The van der Waals surface area contributed by atoms with Crippen molar-refractivity contribution in [3.8, 4) is 0 Å². The van der Waals surface area contributed by atoms with Gasteiger partial charge in [-0.05, 0) is 34.9 Å². The lowest BCUT2D eigenvalue weighted by Crippen LogP contribution is -2.41. The summed E-state index contributed by atoms with van der Waals surface area (Å²) in [4.78, 5) is 15.2. The lowest BCUT2D eigenvalue weighted by atomic mass is 9.98. The maximum atomic E-state index is 12.0. The molecule has 3 aromatic carbocycles. The fourth-order valence-corrected chi connectivity index (χ4v) is 4.58. The van der Waals surface area contributed by atoms with Crippen LogP contribution in [0.25, 0.3) is 10.9 Å². The van der Waals surface area contributed by atoms with Crippen molar-refractivity contribution in [2.45, 2.75) is 12.5 Å². The minimum atomic E-state index is -0.738.